The lowest BCUT2D eigenvalue weighted by Crippen LogP contribution is -2.41. The molecule has 0 unspecified atom stereocenters. The molecule has 0 radical (unpaired) electrons. The van der Waals surface area contributed by atoms with E-state index in [1.165, 1.54) is 12.0 Å². The fourth-order valence-electron chi connectivity index (χ4n) is 1.12. The first-order valence-electron chi connectivity index (χ1n) is 5.06. The van der Waals surface area contributed by atoms with Crippen LogP contribution in [0.2, 0.25) is 0 Å². The fraction of sp³-hybridized carbons (Fsp3) is 0.417. The smallest absolute Gasteiger partial charge is 0.223 e. The second-order valence-electron chi connectivity index (χ2n) is 3.47. The van der Waals surface area contributed by atoms with Crippen LogP contribution in [0.3, 0.4) is 0 Å². The van der Waals surface area contributed by atoms with Crippen LogP contribution >= 0.6 is 0 Å². The number of aryl methyl sites for hydroxylation is 1. The molecule has 1 rings (SSSR count). The third kappa shape index (κ3) is 3.60. The predicted molar refractivity (Wildman–Crippen MR) is 56.6 cm³/mol. The van der Waals surface area contributed by atoms with E-state index in [0.29, 0.717) is 0 Å². The fourth-order valence-corrected chi connectivity index (χ4v) is 1.12. The van der Waals surface area contributed by atoms with Gasteiger partial charge in [0.15, 0.2) is 5.76 Å². The number of pyridine rings is 1. The number of aromatic nitrogens is 1. The van der Waals surface area contributed by atoms with E-state index >= 15 is 0 Å². The van der Waals surface area contributed by atoms with Crippen LogP contribution in [0, 0.1) is 6.92 Å². The van der Waals surface area contributed by atoms with Gasteiger partial charge in [-0.2, -0.15) is 0 Å². The number of nitrogens with zero attached hydrogens (tertiary/aromatic N) is 1. The van der Waals surface area contributed by atoms with Gasteiger partial charge in [0.2, 0.25) is 12.4 Å². The largest absolute Gasteiger partial charge is 0.237 e. The van der Waals surface area contributed by atoms with E-state index in [0.717, 1.165) is 18.6 Å². The Kier molecular flexibility index (Phi) is 4.17. The quantitative estimate of drug-likeness (QED) is 0.516. The minimum Gasteiger partial charge on any atom is -0.237 e. The monoisotopic (exact) mass is 192 g/mol. The van der Waals surface area contributed by atoms with Crippen molar-refractivity contribution in [1.82, 2.24) is 0 Å². The van der Waals surface area contributed by atoms with E-state index in [-0.39, 0.29) is 0 Å². The van der Waals surface area contributed by atoms with Gasteiger partial charge in [-0.15, -0.1) is 0 Å². The Morgan fingerprint density at radius 3 is 2.64 bits per heavy atom. The Hall–Kier alpha value is -1.31. The van der Waals surface area contributed by atoms with Crippen LogP contribution in [0.15, 0.2) is 36.9 Å². The third-order valence-electron chi connectivity index (χ3n) is 2.01. The summed E-state index contributed by atoms with van der Waals surface area (Å²) >= 11 is 0. The van der Waals surface area contributed by atoms with Crippen molar-refractivity contribution in [3.63, 3.8) is 0 Å². The predicted octanol–water partition coefficient (Wildman–Crippen LogP) is 2.42. The molecular formula is C12H18NO+. The summed E-state index contributed by atoms with van der Waals surface area (Å²) in [6, 6.07) is 4.01. The van der Waals surface area contributed by atoms with Crippen molar-refractivity contribution in [3.8, 4) is 0 Å². The van der Waals surface area contributed by atoms with Gasteiger partial charge >= 0.3 is 0 Å². The van der Waals surface area contributed by atoms with E-state index in [1.54, 1.807) is 4.73 Å². The highest BCUT2D eigenvalue weighted by molar-refractivity contribution is 5.03. The number of allylic oxidation sites excluding steroid dienone is 1. The highest BCUT2D eigenvalue weighted by Crippen LogP contribution is 2.01. The van der Waals surface area contributed by atoms with Crippen molar-refractivity contribution in [2.45, 2.75) is 33.1 Å². The maximum Gasteiger partial charge on any atom is 0.223 e. The molecular weight excluding hydrogens is 174 g/mol. The maximum absolute atomic E-state index is 5.49. The molecule has 0 spiro atoms. The molecule has 0 saturated heterocycles. The summed E-state index contributed by atoms with van der Waals surface area (Å²) in [6.07, 6.45) is 7.02. The van der Waals surface area contributed by atoms with E-state index in [1.807, 2.05) is 24.5 Å². The minimum atomic E-state index is 0.820. The van der Waals surface area contributed by atoms with Crippen LogP contribution in [0.1, 0.15) is 31.7 Å². The van der Waals surface area contributed by atoms with Crippen LogP contribution in [0.25, 0.3) is 0 Å². The molecule has 76 valence electrons. The number of hydrogen-bond donors (Lipinski definition) is 0. The topological polar surface area (TPSA) is 13.1 Å². The minimum absolute atomic E-state index is 0.820. The van der Waals surface area contributed by atoms with Crippen LogP contribution in [0.4, 0.5) is 0 Å². The Morgan fingerprint density at radius 1 is 1.43 bits per heavy atom. The summed E-state index contributed by atoms with van der Waals surface area (Å²) in [5.41, 5.74) is 1.23. The Balaban J connectivity index is 2.44. The lowest BCUT2D eigenvalue weighted by atomic mass is 10.2. The number of rotatable bonds is 5. The first-order chi connectivity index (χ1) is 6.72. The lowest BCUT2D eigenvalue weighted by molar-refractivity contribution is -0.880. The first kappa shape index (κ1) is 10.8. The van der Waals surface area contributed by atoms with E-state index in [2.05, 4.69) is 20.4 Å². The molecule has 1 aromatic rings. The van der Waals surface area contributed by atoms with Gasteiger partial charge < -0.3 is 0 Å². The molecule has 0 saturated carbocycles. The Labute approximate surface area is 85.8 Å². The molecule has 2 nitrogen and oxygen atoms in total. The molecule has 0 aromatic carbocycles. The molecule has 14 heavy (non-hydrogen) atoms. The van der Waals surface area contributed by atoms with E-state index in [9.17, 15) is 0 Å². The summed E-state index contributed by atoms with van der Waals surface area (Å²) in [4.78, 5) is 5.49. The van der Waals surface area contributed by atoms with Crippen LogP contribution in [-0.2, 0) is 0 Å². The zero-order valence-corrected chi connectivity index (χ0v) is 8.99. The highest BCUT2D eigenvalue weighted by Gasteiger charge is 2.03. The van der Waals surface area contributed by atoms with Crippen molar-refractivity contribution in [2.75, 3.05) is 0 Å². The van der Waals surface area contributed by atoms with Crippen molar-refractivity contribution >= 4 is 0 Å². The number of unbranched alkanes of at least 4 members (excludes halogenated alkanes) is 1. The molecule has 0 N–H and O–H groups in total. The van der Waals surface area contributed by atoms with Gasteiger partial charge in [0.1, 0.15) is 0 Å². The van der Waals surface area contributed by atoms with Crippen LogP contribution in [0.5, 0.6) is 0 Å². The molecule has 2 heteroatoms. The number of hydrogen-bond acceptors (Lipinski definition) is 1. The molecule has 0 amide bonds. The van der Waals surface area contributed by atoms with Gasteiger partial charge in [-0.05, 0) is 18.9 Å². The zero-order valence-electron chi connectivity index (χ0n) is 8.99. The summed E-state index contributed by atoms with van der Waals surface area (Å²) in [6.45, 7) is 8.08. The van der Waals surface area contributed by atoms with Gasteiger partial charge in [0.25, 0.3) is 0 Å². The molecule has 0 aliphatic rings. The normalized spacial score (nSPS) is 9.86. The van der Waals surface area contributed by atoms with Crippen molar-refractivity contribution in [3.05, 3.63) is 42.4 Å². The summed E-state index contributed by atoms with van der Waals surface area (Å²) in [7, 11) is 0. The molecule has 0 fully saturated rings. The molecule has 0 aliphatic heterocycles. The van der Waals surface area contributed by atoms with E-state index < -0.39 is 0 Å². The van der Waals surface area contributed by atoms with Gasteiger partial charge in [0.05, 0.1) is 0 Å². The molecule has 1 aromatic heterocycles. The van der Waals surface area contributed by atoms with E-state index in [4.69, 9.17) is 4.84 Å². The average molecular weight is 192 g/mol. The second-order valence-corrected chi connectivity index (χ2v) is 3.47. The summed E-state index contributed by atoms with van der Waals surface area (Å²) < 4.78 is 1.69. The maximum atomic E-state index is 5.49. The Bertz CT molecular complexity index is 290. The van der Waals surface area contributed by atoms with Crippen LogP contribution in [-0.4, -0.2) is 0 Å². The SMILES string of the molecule is C=C(CCCC)O[n+]1ccc(C)cc1. The van der Waals surface area contributed by atoms with Crippen molar-refractivity contribution in [1.29, 1.82) is 0 Å². The standard InChI is InChI=1S/C12H18NO/c1-4-5-6-12(3)14-13-9-7-11(2)8-10-13/h7-10H,3-6H2,1-2H3/q+1. The first-order valence-corrected chi connectivity index (χ1v) is 5.06. The molecule has 1 heterocycles. The highest BCUT2D eigenvalue weighted by atomic mass is 16.7. The average Bonchev–Trinajstić information content (AvgIpc) is 2.18. The van der Waals surface area contributed by atoms with Crippen LogP contribution < -0.4 is 9.57 Å². The summed E-state index contributed by atoms with van der Waals surface area (Å²) in [5.74, 6) is 0.820. The van der Waals surface area contributed by atoms with Crippen molar-refractivity contribution in [2.24, 2.45) is 0 Å². The summed E-state index contributed by atoms with van der Waals surface area (Å²) in [5, 5.41) is 0. The molecule has 0 bridgehead atoms. The van der Waals surface area contributed by atoms with Gasteiger partial charge in [0, 0.05) is 23.3 Å². The lowest BCUT2D eigenvalue weighted by Gasteiger charge is -2.00. The Morgan fingerprint density at radius 2 is 2.07 bits per heavy atom. The molecule has 0 atom stereocenters. The van der Waals surface area contributed by atoms with Gasteiger partial charge in [-0.25, -0.2) is 4.84 Å². The molecule has 0 aliphatic carbocycles. The van der Waals surface area contributed by atoms with Gasteiger partial charge in [-0.3, -0.25) is 0 Å². The van der Waals surface area contributed by atoms with Crippen molar-refractivity contribution < 1.29 is 9.57 Å². The van der Waals surface area contributed by atoms with Gasteiger partial charge in [-0.1, -0.05) is 19.9 Å². The zero-order chi connectivity index (χ0) is 10.4. The third-order valence-corrected chi connectivity index (χ3v) is 2.01. The second kappa shape index (κ2) is 5.43.